The van der Waals surface area contributed by atoms with Crippen LogP contribution in [0.2, 0.25) is 0 Å². The van der Waals surface area contributed by atoms with Crippen molar-refractivity contribution in [2.24, 2.45) is 0 Å². The Morgan fingerprint density at radius 3 is 1.26 bits per heavy atom. The molecule has 12 heteroatoms. The number of rotatable bonds is 9. The maximum atomic E-state index is 12.9. The van der Waals surface area contributed by atoms with Gasteiger partial charge in [-0.3, -0.25) is 0 Å². The molecule has 0 saturated heterocycles. The fourth-order valence-corrected chi connectivity index (χ4v) is 4.75. The first-order valence-electron chi connectivity index (χ1n) is 11.3. The van der Waals surface area contributed by atoms with E-state index in [9.17, 15) is 24.6 Å². The van der Waals surface area contributed by atoms with E-state index in [-0.39, 0.29) is 23.0 Å². The molecule has 0 aliphatic heterocycles. The third-order valence-electron chi connectivity index (χ3n) is 5.57. The summed E-state index contributed by atoms with van der Waals surface area (Å²) in [7, 11) is -10.4. The summed E-state index contributed by atoms with van der Waals surface area (Å²) in [5.41, 5.74) is 0.669. The molecule has 0 aliphatic carbocycles. The zero-order valence-electron chi connectivity index (χ0n) is 19.7. The maximum absolute atomic E-state index is 12.9. The minimum absolute atomic E-state index is 0.240. The monoisotopic (exact) mass is 572 g/mol. The number of hydrogen-bond acceptors (Lipinski definition) is 8. The zero-order chi connectivity index (χ0) is 27.6. The second kappa shape index (κ2) is 10.4. The molecule has 0 saturated carbocycles. The number of hydrogen-bond donors (Lipinski definition) is 0. The van der Waals surface area contributed by atoms with Crippen molar-refractivity contribution in [2.75, 3.05) is 0 Å². The van der Waals surface area contributed by atoms with Gasteiger partial charge in [0.05, 0.1) is 0 Å². The predicted octanol–water partition coefficient (Wildman–Crippen LogP) is 6.34. The molecule has 0 bridgehead atoms. The summed E-state index contributed by atoms with van der Waals surface area (Å²) in [6.07, 6.45) is -1.09. The minimum atomic E-state index is -5.20. The van der Waals surface area contributed by atoms with Gasteiger partial charge in [-0.05, 0) is 76.1 Å². The molecule has 0 N–H and O–H groups in total. The minimum Gasteiger partial charge on any atom is -0.451 e. The van der Waals surface area contributed by atoms with Crippen LogP contribution in [0.15, 0.2) is 103 Å². The first-order chi connectivity index (χ1) is 18.5. The van der Waals surface area contributed by atoms with Crippen molar-refractivity contribution < 1.29 is 42.4 Å². The molecule has 8 nitrogen and oxygen atoms in total. The SMILES string of the molecule is O=S(=O)(F)Oc1ccc(OC(Oc2ccc(OS(=O)(=O)F)cc2)c2c3ccccc3cc3ccccc23)cc1. The van der Waals surface area contributed by atoms with Gasteiger partial charge in [0.25, 0.3) is 6.29 Å². The van der Waals surface area contributed by atoms with Crippen LogP contribution in [0, 0.1) is 0 Å². The van der Waals surface area contributed by atoms with Gasteiger partial charge in [-0.15, -0.1) is 0 Å². The van der Waals surface area contributed by atoms with Crippen LogP contribution in [0.25, 0.3) is 21.5 Å². The van der Waals surface area contributed by atoms with Crippen molar-refractivity contribution in [2.45, 2.75) is 6.29 Å². The van der Waals surface area contributed by atoms with Crippen LogP contribution < -0.4 is 17.8 Å². The fraction of sp³-hybridized carbons (Fsp3) is 0.0370. The van der Waals surface area contributed by atoms with Crippen LogP contribution in [0.4, 0.5) is 7.77 Å². The smallest absolute Gasteiger partial charge is 0.451 e. The van der Waals surface area contributed by atoms with Crippen LogP contribution in [0.5, 0.6) is 23.0 Å². The molecule has 5 rings (SSSR count). The van der Waals surface area contributed by atoms with E-state index in [0.29, 0.717) is 5.56 Å². The summed E-state index contributed by atoms with van der Waals surface area (Å²) in [5.74, 6) is -0.0270. The number of halogens is 2. The summed E-state index contributed by atoms with van der Waals surface area (Å²) in [5, 5.41) is 3.48. The van der Waals surface area contributed by atoms with E-state index < -0.39 is 27.3 Å². The Hall–Kier alpha value is -4.42. The van der Waals surface area contributed by atoms with E-state index in [1.165, 1.54) is 48.5 Å². The lowest BCUT2D eigenvalue weighted by atomic mass is 9.96. The van der Waals surface area contributed by atoms with Crippen LogP contribution >= 0.6 is 0 Å². The molecule has 0 unspecified atom stereocenters. The van der Waals surface area contributed by atoms with E-state index in [4.69, 9.17) is 9.47 Å². The molecule has 0 spiro atoms. The lowest BCUT2D eigenvalue weighted by Crippen LogP contribution is -2.16. The molecule has 0 aromatic heterocycles. The Morgan fingerprint density at radius 1 is 0.513 bits per heavy atom. The van der Waals surface area contributed by atoms with Gasteiger partial charge in [0.1, 0.15) is 23.0 Å². The van der Waals surface area contributed by atoms with E-state index in [1.807, 2.05) is 54.6 Å². The molecule has 5 aromatic rings. The fourth-order valence-electron chi connectivity index (χ4n) is 4.07. The van der Waals surface area contributed by atoms with E-state index in [2.05, 4.69) is 8.37 Å². The van der Waals surface area contributed by atoms with E-state index in [1.54, 1.807) is 0 Å². The van der Waals surface area contributed by atoms with Gasteiger partial charge >= 0.3 is 21.0 Å². The van der Waals surface area contributed by atoms with Crippen molar-refractivity contribution in [1.82, 2.24) is 0 Å². The number of ether oxygens (including phenoxy) is 2. The van der Waals surface area contributed by atoms with E-state index in [0.717, 1.165) is 21.5 Å². The molecular formula is C27H18F2O8S2. The quantitative estimate of drug-likeness (QED) is 0.115. The average Bonchev–Trinajstić information content (AvgIpc) is 2.87. The first-order valence-corrected chi connectivity index (χ1v) is 13.9. The summed E-state index contributed by atoms with van der Waals surface area (Å²) in [4.78, 5) is 0. The predicted molar refractivity (Wildman–Crippen MR) is 140 cm³/mol. The van der Waals surface area contributed by atoms with Gasteiger partial charge in [-0.2, -0.15) is 16.8 Å². The molecule has 0 aliphatic rings. The van der Waals surface area contributed by atoms with Gasteiger partial charge < -0.3 is 17.8 Å². The highest BCUT2D eigenvalue weighted by atomic mass is 32.3. The number of fused-ring (bicyclic) bond motifs is 2. The highest BCUT2D eigenvalue weighted by Gasteiger charge is 2.23. The molecule has 200 valence electrons. The molecule has 0 fully saturated rings. The van der Waals surface area contributed by atoms with Crippen molar-refractivity contribution in [3.05, 3.63) is 109 Å². The topological polar surface area (TPSA) is 105 Å². The number of benzene rings is 5. The average molecular weight is 573 g/mol. The molecule has 0 heterocycles. The molecular weight excluding hydrogens is 554 g/mol. The lowest BCUT2D eigenvalue weighted by molar-refractivity contribution is 0.00612. The normalized spacial score (nSPS) is 12.0. The standard InChI is InChI=1S/C27H18F2O8S2/c28-38(30,31)36-22-13-9-20(10-14-22)34-27(35-21-11-15-23(16-12-21)37-39(29,32)33)26-24-7-3-1-5-18(24)17-19-6-2-4-8-25(19)26/h1-17,27H. The Morgan fingerprint density at radius 2 is 0.872 bits per heavy atom. The molecule has 5 aromatic carbocycles. The first kappa shape index (κ1) is 26.2. The van der Waals surface area contributed by atoms with Gasteiger partial charge in [0.2, 0.25) is 0 Å². The van der Waals surface area contributed by atoms with Crippen molar-refractivity contribution in [3.63, 3.8) is 0 Å². The Balaban J connectivity index is 1.58. The van der Waals surface area contributed by atoms with E-state index >= 15 is 0 Å². The summed E-state index contributed by atoms with van der Waals surface area (Å²) in [6, 6.07) is 27.6. The van der Waals surface area contributed by atoms with Crippen LogP contribution in [-0.4, -0.2) is 16.8 Å². The van der Waals surface area contributed by atoms with Gasteiger partial charge in [0.15, 0.2) is 0 Å². The summed E-state index contributed by atoms with van der Waals surface area (Å²) >= 11 is 0. The molecule has 0 atom stereocenters. The highest BCUT2D eigenvalue weighted by molar-refractivity contribution is 7.82. The van der Waals surface area contributed by atoms with Crippen molar-refractivity contribution >= 4 is 42.6 Å². The van der Waals surface area contributed by atoms with Crippen LogP contribution in [0.1, 0.15) is 11.9 Å². The Bertz CT molecular complexity index is 1730. The van der Waals surface area contributed by atoms with Gasteiger partial charge in [0, 0.05) is 5.56 Å². The molecule has 0 radical (unpaired) electrons. The second-order valence-electron chi connectivity index (χ2n) is 8.20. The van der Waals surface area contributed by atoms with Crippen LogP contribution in [0.3, 0.4) is 0 Å². The zero-order valence-corrected chi connectivity index (χ0v) is 21.4. The third kappa shape index (κ3) is 6.54. The second-order valence-corrected chi connectivity index (χ2v) is 10.1. The highest BCUT2D eigenvalue weighted by Crippen LogP contribution is 2.37. The lowest BCUT2D eigenvalue weighted by Gasteiger charge is -2.24. The van der Waals surface area contributed by atoms with Crippen molar-refractivity contribution in [1.29, 1.82) is 0 Å². The van der Waals surface area contributed by atoms with Gasteiger partial charge in [-0.1, -0.05) is 56.3 Å². The van der Waals surface area contributed by atoms with Gasteiger partial charge in [-0.25, -0.2) is 0 Å². The maximum Gasteiger partial charge on any atom is 0.488 e. The molecule has 39 heavy (non-hydrogen) atoms. The van der Waals surface area contributed by atoms with Crippen molar-refractivity contribution in [3.8, 4) is 23.0 Å². The third-order valence-corrected chi connectivity index (χ3v) is 6.36. The summed E-state index contributed by atoms with van der Waals surface area (Å²) in [6.45, 7) is 0. The van der Waals surface area contributed by atoms with Crippen LogP contribution in [-0.2, 0) is 21.0 Å². The Kier molecular flexibility index (Phi) is 6.98. The Labute approximate surface area is 222 Å². The summed E-state index contributed by atoms with van der Waals surface area (Å²) < 4.78 is 89.9. The largest absolute Gasteiger partial charge is 0.488 e. The molecule has 0 amide bonds.